The Morgan fingerprint density at radius 2 is 1.84 bits per heavy atom. The Bertz CT molecular complexity index is 847. The van der Waals surface area contributed by atoms with Gasteiger partial charge in [0.05, 0.1) is 10.9 Å². The van der Waals surface area contributed by atoms with Gasteiger partial charge in [0.25, 0.3) is 10.0 Å². The zero-order valence-corrected chi connectivity index (χ0v) is 19.9. The van der Waals surface area contributed by atoms with Crippen LogP contribution in [0.2, 0.25) is 0 Å². The van der Waals surface area contributed by atoms with Gasteiger partial charge in [0.15, 0.2) is 0 Å². The summed E-state index contributed by atoms with van der Waals surface area (Å²) in [6, 6.07) is 2.93. The summed E-state index contributed by atoms with van der Waals surface area (Å²) in [5.41, 5.74) is 0. The molecule has 0 spiro atoms. The molecule has 2 aliphatic heterocycles. The number of piperidine rings is 1. The van der Waals surface area contributed by atoms with Crippen molar-refractivity contribution in [3.8, 4) is 0 Å². The maximum absolute atomic E-state index is 12.9. The van der Waals surface area contributed by atoms with Crippen molar-refractivity contribution in [2.45, 2.75) is 62.5 Å². The fourth-order valence-electron chi connectivity index (χ4n) is 4.03. The lowest BCUT2D eigenvalue weighted by Gasteiger charge is -2.31. The first-order valence-corrected chi connectivity index (χ1v) is 13.6. The van der Waals surface area contributed by atoms with Crippen LogP contribution in [0.5, 0.6) is 0 Å². The summed E-state index contributed by atoms with van der Waals surface area (Å²) >= 11 is 1.09. The van der Waals surface area contributed by atoms with Crippen LogP contribution in [0.4, 0.5) is 9.80 Å². The van der Waals surface area contributed by atoms with Crippen molar-refractivity contribution in [1.29, 1.82) is 0 Å². The van der Waals surface area contributed by atoms with E-state index in [1.54, 1.807) is 21.3 Å². The second-order valence-corrected chi connectivity index (χ2v) is 11.5. The number of hydrogen-bond acceptors (Lipinski definition) is 5. The van der Waals surface area contributed by atoms with Gasteiger partial charge < -0.3 is 10.2 Å². The number of carbonyl (C=O) groups is 2. The molecule has 0 aliphatic carbocycles. The summed E-state index contributed by atoms with van der Waals surface area (Å²) in [5, 5.41) is 6.28. The largest absolute Gasteiger partial charge is 0.356 e. The van der Waals surface area contributed by atoms with Crippen LogP contribution in [0.3, 0.4) is 0 Å². The number of sulfonamides is 1. The summed E-state index contributed by atoms with van der Waals surface area (Å²) in [7, 11) is -3.52. The van der Waals surface area contributed by atoms with Crippen LogP contribution in [-0.4, -0.2) is 62.3 Å². The molecule has 8 nitrogen and oxygen atoms in total. The molecule has 2 fully saturated rings. The van der Waals surface area contributed by atoms with E-state index in [0.717, 1.165) is 62.7 Å². The van der Waals surface area contributed by atoms with Gasteiger partial charge in [0, 0.05) is 32.7 Å². The molecule has 1 aromatic heterocycles. The first kappa shape index (κ1) is 24.0. The number of nitrogens with one attached hydrogen (secondary N) is 2. The molecule has 0 unspecified atom stereocenters. The second kappa shape index (κ2) is 11.3. The van der Waals surface area contributed by atoms with Crippen LogP contribution in [-0.2, 0) is 14.8 Å². The van der Waals surface area contributed by atoms with Crippen molar-refractivity contribution in [2.75, 3.05) is 38.0 Å². The molecule has 0 radical (unpaired) electrons. The Morgan fingerprint density at radius 3 is 2.55 bits per heavy atom. The summed E-state index contributed by atoms with van der Waals surface area (Å²) in [6.07, 6.45) is 7.42. The molecule has 2 N–H and O–H groups in total. The van der Waals surface area contributed by atoms with Gasteiger partial charge in [-0.05, 0) is 44.2 Å². The maximum atomic E-state index is 12.9. The van der Waals surface area contributed by atoms with E-state index in [2.05, 4.69) is 17.6 Å². The smallest absolute Gasteiger partial charge is 0.322 e. The maximum Gasteiger partial charge on any atom is 0.322 e. The van der Waals surface area contributed by atoms with Crippen molar-refractivity contribution in [1.82, 2.24) is 14.5 Å². The lowest BCUT2D eigenvalue weighted by Crippen LogP contribution is -2.47. The quantitative estimate of drug-likeness (QED) is 0.596. The zero-order chi connectivity index (χ0) is 22.3. The molecule has 3 rings (SSSR count). The van der Waals surface area contributed by atoms with E-state index in [4.69, 9.17) is 0 Å². The molecule has 1 atom stereocenters. The molecule has 0 saturated carbocycles. The number of anilines is 1. The topological polar surface area (TPSA) is 98.8 Å². The van der Waals surface area contributed by atoms with E-state index in [1.807, 2.05) is 0 Å². The third-order valence-corrected chi connectivity index (χ3v) is 9.25. The molecule has 2 aliphatic rings. The number of likely N-dealkylation sites (tertiary alicyclic amines) is 1. The summed E-state index contributed by atoms with van der Waals surface area (Å²) < 4.78 is 27.7. The Balaban J connectivity index is 1.57. The van der Waals surface area contributed by atoms with Gasteiger partial charge in [-0.1, -0.05) is 26.2 Å². The third-order valence-electron chi connectivity index (χ3n) is 5.88. The Morgan fingerprint density at radius 1 is 1.10 bits per heavy atom. The predicted octanol–water partition coefficient (Wildman–Crippen LogP) is 3.47. The van der Waals surface area contributed by atoms with E-state index in [9.17, 15) is 18.0 Å². The van der Waals surface area contributed by atoms with Gasteiger partial charge in [0.1, 0.15) is 4.21 Å². The molecule has 10 heteroatoms. The number of urea groups is 1. The number of rotatable bonds is 7. The highest BCUT2D eigenvalue weighted by Crippen LogP contribution is 2.30. The minimum atomic E-state index is -3.52. The molecule has 3 amide bonds. The molecule has 3 heterocycles. The van der Waals surface area contributed by atoms with Crippen LogP contribution in [0.15, 0.2) is 16.3 Å². The van der Waals surface area contributed by atoms with Crippen molar-refractivity contribution >= 4 is 38.3 Å². The van der Waals surface area contributed by atoms with E-state index >= 15 is 0 Å². The Kier molecular flexibility index (Phi) is 8.74. The molecule has 31 heavy (non-hydrogen) atoms. The standard InChI is InChI=1S/C21H34N4O4S2/c1-2-3-12-22-20(26)17-9-8-13-24(16-17)21(27)23-18-10-11-19(30-18)31(28,29)25-14-6-4-5-7-15-25/h10-11,17H,2-9,12-16H2,1H3,(H,22,26)(H,23,27)/t17-/m0/s1. The predicted molar refractivity (Wildman–Crippen MR) is 123 cm³/mol. The average Bonchev–Trinajstić information content (AvgIpc) is 3.06. The van der Waals surface area contributed by atoms with Crippen LogP contribution in [0.25, 0.3) is 0 Å². The normalized spacial score (nSPS) is 20.8. The van der Waals surface area contributed by atoms with Crippen LogP contribution >= 0.6 is 11.3 Å². The highest BCUT2D eigenvalue weighted by molar-refractivity contribution is 7.91. The summed E-state index contributed by atoms with van der Waals surface area (Å²) in [6.45, 7) is 4.83. The highest BCUT2D eigenvalue weighted by Gasteiger charge is 2.30. The lowest BCUT2D eigenvalue weighted by atomic mass is 9.97. The van der Waals surface area contributed by atoms with Gasteiger partial charge in [0.2, 0.25) is 5.91 Å². The van der Waals surface area contributed by atoms with Gasteiger partial charge in [-0.2, -0.15) is 4.31 Å². The number of nitrogens with zero attached hydrogens (tertiary/aromatic N) is 2. The highest BCUT2D eigenvalue weighted by atomic mass is 32.2. The molecule has 1 aromatic rings. The first-order chi connectivity index (χ1) is 14.9. The van der Waals surface area contributed by atoms with Gasteiger partial charge in [-0.3, -0.25) is 10.1 Å². The van der Waals surface area contributed by atoms with Crippen LogP contribution < -0.4 is 10.6 Å². The SMILES string of the molecule is CCCCNC(=O)[C@H]1CCCN(C(=O)Nc2ccc(S(=O)(=O)N3CCCCCC3)s2)C1. The minimum absolute atomic E-state index is 0.00732. The summed E-state index contributed by atoms with van der Waals surface area (Å²) in [5.74, 6) is -0.188. The fourth-order valence-corrected chi connectivity index (χ4v) is 6.90. The molecule has 0 aromatic carbocycles. The van der Waals surface area contributed by atoms with Crippen molar-refractivity contribution in [3.05, 3.63) is 12.1 Å². The molecular weight excluding hydrogens is 436 g/mol. The number of amides is 3. The third kappa shape index (κ3) is 6.43. The monoisotopic (exact) mass is 470 g/mol. The molecule has 2 saturated heterocycles. The second-order valence-electron chi connectivity index (χ2n) is 8.30. The van der Waals surface area contributed by atoms with Crippen LogP contribution in [0.1, 0.15) is 58.3 Å². The van der Waals surface area contributed by atoms with Crippen LogP contribution in [0, 0.1) is 5.92 Å². The molecule has 174 valence electrons. The van der Waals surface area contributed by atoms with E-state index in [-0.39, 0.29) is 22.1 Å². The Hall–Kier alpha value is -1.65. The van der Waals surface area contributed by atoms with Gasteiger partial charge >= 0.3 is 6.03 Å². The average molecular weight is 471 g/mol. The van der Waals surface area contributed by atoms with Gasteiger partial charge in [-0.25, -0.2) is 13.2 Å². The van der Waals surface area contributed by atoms with Crippen molar-refractivity contribution < 1.29 is 18.0 Å². The number of unbranched alkanes of at least 4 members (excludes halogenated alkanes) is 1. The lowest BCUT2D eigenvalue weighted by molar-refractivity contribution is -0.126. The first-order valence-electron chi connectivity index (χ1n) is 11.4. The minimum Gasteiger partial charge on any atom is -0.356 e. The summed E-state index contributed by atoms with van der Waals surface area (Å²) in [4.78, 5) is 26.7. The number of hydrogen-bond donors (Lipinski definition) is 2. The van der Waals surface area contributed by atoms with E-state index < -0.39 is 10.0 Å². The van der Waals surface area contributed by atoms with E-state index in [0.29, 0.717) is 37.7 Å². The molecular formula is C21H34N4O4S2. The van der Waals surface area contributed by atoms with E-state index in [1.165, 1.54) is 0 Å². The van der Waals surface area contributed by atoms with Crippen molar-refractivity contribution in [2.24, 2.45) is 5.92 Å². The zero-order valence-electron chi connectivity index (χ0n) is 18.3. The number of thiophene rings is 1. The number of carbonyl (C=O) groups excluding carboxylic acids is 2. The fraction of sp³-hybridized carbons (Fsp3) is 0.714. The molecule has 0 bridgehead atoms. The van der Waals surface area contributed by atoms with Crippen molar-refractivity contribution in [3.63, 3.8) is 0 Å². The Labute approximate surface area is 189 Å². The van der Waals surface area contributed by atoms with Gasteiger partial charge in [-0.15, -0.1) is 11.3 Å².